The second kappa shape index (κ2) is 6.23. The number of nitriles is 2. The van der Waals surface area contributed by atoms with Gasteiger partial charge in [-0.1, -0.05) is 0 Å². The minimum atomic E-state index is -0.468. The van der Waals surface area contributed by atoms with Crippen LogP contribution in [0.4, 0.5) is 11.5 Å². The third-order valence-electron chi connectivity index (χ3n) is 3.67. The van der Waals surface area contributed by atoms with E-state index in [1.165, 1.54) is 11.3 Å². The molecule has 0 aromatic carbocycles. The molecule has 25 heavy (non-hydrogen) atoms. The van der Waals surface area contributed by atoms with Crippen molar-refractivity contribution in [1.29, 1.82) is 10.5 Å². The van der Waals surface area contributed by atoms with Gasteiger partial charge in [-0.05, 0) is 25.5 Å². The van der Waals surface area contributed by atoms with Crippen LogP contribution in [0.2, 0.25) is 0 Å². The number of nitrogens with one attached hydrogen (secondary N) is 2. The summed E-state index contributed by atoms with van der Waals surface area (Å²) in [5.41, 5.74) is 8.79. The Labute approximate surface area is 146 Å². The van der Waals surface area contributed by atoms with Gasteiger partial charge >= 0.3 is 0 Å². The van der Waals surface area contributed by atoms with Gasteiger partial charge in [0.05, 0.1) is 23.9 Å². The number of anilines is 2. The highest BCUT2D eigenvalue weighted by Crippen LogP contribution is 2.35. The zero-order valence-corrected chi connectivity index (χ0v) is 14.3. The molecule has 0 radical (unpaired) electrons. The molecule has 3 aromatic heterocycles. The molecule has 0 unspecified atom stereocenters. The molecule has 0 saturated carbocycles. The average Bonchev–Trinajstić information content (AvgIpc) is 3.08. The number of rotatable bonds is 3. The fourth-order valence-corrected chi connectivity index (χ4v) is 3.71. The first-order valence-electron chi connectivity index (χ1n) is 7.28. The highest BCUT2D eigenvalue weighted by Gasteiger charge is 2.22. The van der Waals surface area contributed by atoms with Crippen molar-refractivity contribution in [2.24, 2.45) is 0 Å². The smallest absolute Gasteiger partial charge is 0.269 e. The van der Waals surface area contributed by atoms with E-state index in [0.717, 1.165) is 16.6 Å². The molecule has 3 heterocycles. The van der Waals surface area contributed by atoms with Crippen LogP contribution in [0.5, 0.6) is 0 Å². The third kappa shape index (κ3) is 2.77. The van der Waals surface area contributed by atoms with Gasteiger partial charge in [-0.2, -0.15) is 15.6 Å². The molecule has 1 amide bonds. The van der Waals surface area contributed by atoms with Crippen LogP contribution in [0.3, 0.4) is 0 Å². The van der Waals surface area contributed by atoms with E-state index >= 15 is 0 Å². The van der Waals surface area contributed by atoms with Gasteiger partial charge < -0.3 is 11.1 Å². The van der Waals surface area contributed by atoms with E-state index in [1.54, 1.807) is 0 Å². The van der Waals surface area contributed by atoms with Crippen molar-refractivity contribution >= 4 is 39.0 Å². The van der Waals surface area contributed by atoms with Gasteiger partial charge in [0.25, 0.3) is 5.91 Å². The molecule has 8 nitrogen and oxygen atoms in total. The standard InChI is InChI=1S/C16H13N7OS/c1-7-5-8(2)20-16-11(7)12(19)13(25-16)15(24)21-14-9(6-18)10(3-4-17)22-23-14/h5H,3,19H2,1-2H3,(H2,21,22,23,24). The number of carbonyl (C=O) groups excluding carboxylic acids is 1. The molecule has 0 atom stereocenters. The number of carbonyl (C=O) groups is 1. The Balaban J connectivity index is 1.99. The lowest BCUT2D eigenvalue weighted by atomic mass is 10.1. The number of aromatic nitrogens is 3. The van der Waals surface area contributed by atoms with Crippen LogP contribution in [0, 0.1) is 36.5 Å². The number of nitrogens with two attached hydrogens (primary N) is 1. The fourth-order valence-electron chi connectivity index (χ4n) is 2.60. The molecule has 0 bridgehead atoms. The highest BCUT2D eigenvalue weighted by molar-refractivity contribution is 7.21. The molecule has 0 aliphatic rings. The summed E-state index contributed by atoms with van der Waals surface area (Å²) in [6, 6.07) is 5.78. The molecule has 3 aromatic rings. The fraction of sp³-hybridized carbons (Fsp3) is 0.188. The first kappa shape index (κ1) is 16.4. The maximum Gasteiger partial charge on any atom is 0.269 e. The van der Waals surface area contributed by atoms with Crippen LogP contribution in [0.25, 0.3) is 10.2 Å². The van der Waals surface area contributed by atoms with Crippen molar-refractivity contribution in [2.45, 2.75) is 20.3 Å². The number of aromatic amines is 1. The monoisotopic (exact) mass is 351 g/mol. The van der Waals surface area contributed by atoms with Gasteiger partial charge in [0, 0.05) is 11.1 Å². The number of hydrogen-bond donors (Lipinski definition) is 3. The SMILES string of the molecule is Cc1cc(C)c2c(N)c(C(=O)Nc3n[nH]c(CC#N)c3C#N)sc2n1. The van der Waals surface area contributed by atoms with E-state index in [4.69, 9.17) is 11.0 Å². The van der Waals surface area contributed by atoms with E-state index in [1.807, 2.05) is 32.1 Å². The van der Waals surface area contributed by atoms with Crippen LogP contribution in [0.1, 0.15) is 32.2 Å². The molecule has 124 valence electrons. The first-order chi connectivity index (χ1) is 12.0. The summed E-state index contributed by atoms with van der Waals surface area (Å²) in [7, 11) is 0. The minimum absolute atomic E-state index is 0.000812. The van der Waals surface area contributed by atoms with E-state index in [2.05, 4.69) is 20.5 Å². The number of aryl methyl sites for hydroxylation is 2. The van der Waals surface area contributed by atoms with Crippen LogP contribution in [-0.4, -0.2) is 21.1 Å². The lowest BCUT2D eigenvalue weighted by Crippen LogP contribution is -2.13. The van der Waals surface area contributed by atoms with Crippen LogP contribution in [-0.2, 0) is 6.42 Å². The van der Waals surface area contributed by atoms with Crippen molar-refractivity contribution in [3.8, 4) is 12.1 Å². The molecule has 9 heteroatoms. The number of nitrogen functional groups attached to an aromatic ring is 1. The Morgan fingerprint density at radius 3 is 2.88 bits per heavy atom. The second-order valence-corrected chi connectivity index (χ2v) is 6.43. The molecular formula is C16H13N7OS. The molecule has 0 aliphatic carbocycles. The number of thiophene rings is 1. The zero-order chi connectivity index (χ0) is 18.1. The number of hydrogen-bond acceptors (Lipinski definition) is 7. The van der Waals surface area contributed by atoms with E-state index in [9.17, 15) is 10.1 Å². The topological polar surface area (TPSA) is 144 Å². The summed E-state index contributed by atoms with van der Waals surface area (Å²) in [4.78, 5) is 18.0. The largest absolute Gasteiger partial charge is 0.397 e. The summed E-state index contributed by atoms with van der Waals surface area (Å²) in [6.45, 7) is 3.79. The molecule has 0 saturated heterocycles. The van der Waals surface area contributed by atoms with Crippen molar-refractivity contribution in [1.82, 2.24) is 15.2 Å². The van der Waals surface area contributed by atoms with Crippen molar-refractivity contribution in [3.63, 3.8) is 0 Å². The van der Waals surface area contributed by atoms with Crippen molar-refractivity contribution in [3.05, 3.63) is 33.5 Å². The second-order valence-electron chi connectivity index (χ2n) is 5.43. The Kier molecular flexibility index (Phi) is 4.09. The molecular weight excluding hydrogens is 338 g/mol. The normalized spacial score (nSPS) is 10.4. The van der Waals surface area contributed by atoms with Crippen LogP contribution in [0.15, 0.2) is 6.07 Å². The van der Waals surface area contributed by atoms with Gasteiger partial charge in [0.1, 0.15) is 21.3 Å². The Bertz CT molecular complexity index is 1080. The number of fused-ring (bicyclic) bond motifs is 1. The third-order valence-corrected chi connectivity index (χ3v) is 4.77. The maximum absolute atomic E-state index is 12.6. The predicted molar refractivity (Wildman–Crippen MR) is 94.1 cm³/mol. The predicted octanol–water partition coefficient (Wildman–Crippen LogP) is 2.41. The summed E-state index contributed by atoms with van der Waals surface area (Å²) in [6.07, 6.45) is -0.000812. The molecule has 3 rings (SSSR count). The van der Waals surface area contributed by atoms with Crippen molar-refractivity contribution < 1.29 is 4.79 Å². The number of H-pyrrole nitrogens is 1. The lowest BCUT2D eigenvalue weighted by molar-refractivity contribution is 0.103. The van der Waals surface area contributed by atoms with Crippen molar-refractivity contribution in [2.75, 3.05) is 11.1 Å². The number of amides is 1. The maximum atomic E-state index is 12.6. The van der Waals surface area contributed by atoms with E-state index in [0.29, 0.717) is 21.1 Å². The summed E-state index contributed by atoms with van der Waals surface area (Å²) >= 11 is 1.19. The van der Waals surface area contributed by atoms with E-state index < -0.39 is 5.91 Å². The van der Waals surface area contributed by atoms with Gasteiger partial charge in [-0.25, -0.2) is 4.98 Å². The molecule has 4 N–H and O–H groups in total. The molecule has 0 spiro atoms. The first-order valence-corrected chi connectivity index (χ1v) is 8.09. The summed E-state index contributed by atoms with van der Waals surface area (Å²) < 4.78 is 0. The van der Waals surface area contributed by atoms with Crippen LogP contribution < -0.4 is 11.1 Å². The van der Waals surface area contributed by atoms with Gasteiger partial charge in [-0.15, -0.1) is 11.3 Å². The average molecular weight is 351 g/mol. The minimum Gasteiger partial charge on any atom is -0.397 e. The van der Waals surface area contributed by atoms with Gasteiger partial charge in [0.15, 0.2) is 5.82 Å². The number of pyridine rings is 1. The van der Waals surface area contributed by atoms with Gasteiger partial charge in [-0.3, -0.25) is 9.89 Å². The highest BCUT2D eigenvalue weighted by atomic mass is 32.1. The lowest BCUT2D eigenvalue weighted by Gasteiger charge is -2.02. The summed E-state index contributed by atoms with van der Waals surface area (Å²) in [5.74, 6) is -0.389. The summed E-state index contributed by atoms with van der Waals surface area (Å²) in [5, 5.41) is 27.8. The number of nitrogens with zero attached hydrogens (tertiary/aromatic N) is 4. The molecule has 0 aliphatic heterocycles. The Morgan fingerprint density at radius 1 is 1.44 bits per heavy atom. The Morgan fingerprint density at radius 2 is 2.20 bits per heavy atom. The quantitative estimate of drug-likeness (QED) is 0.661. The molecule has 0 fully saturated rings. The van der Waals surface area contributed by atoms with Gasteiger partial charge in [0.2, 0.25) is 0 Å². The van der Waals surface area contributed by atoms with E-state index in [-0.39, 0.29) is 17.8 Å². The Hall–Kier alpha value is -3.43. The van der Waals surface area contributed by atoms with Crippen LogP contribution >= 0.6 is 11.3 Å². The zero-order valence-electron chi connectivity index (χ0n) is 13.5.